The maximum Gasteiger partial charge on any atom is 0.306 e. The minimum Gasteiger partial charge on any atom is -0.544 e. The van der Waals surface area contributed by atoms with Gasteiger partial charge in [-0.1, -0.05) is 176 Å². The maximum absolute atomic E-state index is 12.8. The average molecular weight is 894 g/mol. The Morgan fingerprint density at radius 3 is 1.33 bits per heavy atom. The SMILES string of the molecule is CC/C=C/C/C=C/C/C=C/C/C=C/C/C=C/C/C=C/CCCCCC(=O)OC(COCCC(C(=O)[O-])[N+](C)(C)C)COC(=O)CCCCCCC/C=C/CCCCCCCCCCC. The van der Waals surface area contributed by atoms with Crippen molar-refractivity contribution in [1.29, 1.82) is 0 Å². The van der Waals surface area contributed by atoms with Crippen LogP contribution in [0.4, 0.5) is 0 Å². The predicted molar refractivity (Wildman–Crippen MR) is 268 cm³/mol. The number of carboxylic acids is 1. The maximum atomic E-state index is 12.8. The van der Waals surface area contributed by atoms with Crippen LogP contribution in [-0.4, -0.2) is 75.5 Å². The Morgan fingerprint density at radius 1 is 0.484 bits per heavy atom. The van der Waals surface area contributed by atoms with Crippen molar-refractivity contribution in [2.24, 2.45) is 0 Å². The van der Waals surface area contributed by atoms with E-state index in [9.17, 15) is 19.5 Å². The highest BCUT2D eigenvalue weighted by molar-refractivity contribution is 5.70. The second-order valence-electron chi connectivity index (χ2n) is 18.0. The van der Waals surface area contributed by atoms with E-state index in [0.29, 0.717) is 12.8 Å². The Kier molecular flexibility index (Phi) is 43.5. The highest BCUT2D eigenvalue weighted by Gasteiger charge is 2.25. The Hall–Kier alpha value is -3.49. The predicted octanol–water partition coefficient (Wildman–Crippen LogP) is 13.5. The van der Waals surface area contributed by atoms with E-state index in [1.807, 2.05) is 0 Å². The summed E-state index contributed by atoms with van der Waals surface area (Å²) in [5, 5.41) is 11.7. The fourth-order valence-corrected chi connectivity index (χ4v) is 7.07. The van der Waals surface area contributed by atoms with Gasteiger partial charge in [0.1, 0.15) is 12.6 Å². The first-order valence-electron chi connectivity index (χ1n) is 25.6. The molecular weight excluding hydrogens is 799 g/mol. The molecule has 2 unspecified atom stereocenters. The summed E-state index contributed by atoms with van der Waals surface area (Å²) in [4.78, 5) is 37.0. The second-order valence-corrected chi connectivity index (χ2v) is 18.0. The largest absolute Gasteiger partial charge is 0.544 e. The number of likely N-dealkylation sites (N-methyl/N-ethyl adjacent to an activating group) is 1. The summed E-state index contributed by atoms with van der Waals surface area (Å²) in [6.07, 6.45) is 60.4. The molecule has 0 aromatic heterocycles. The van der Waals surface area contributed by atoms with Crippen LogP contribution in [-0.2, 0) is 28.6 Å². The topological polar surface area (TPSA) is 102 Å². The molecule has 0 amide bonds. The van der Waals surface area contributed by atoms with E-state index < -0.39 is 18.1 Å². The molecule has 0 saturated heterocycles. The van der Waals surface area contributed by atoms with Gasteiger partial charge >= 0.3 is 11.9 Å². The minimum atomic E-state index is -1.13. The fourth-order valence-electron chi connectivity index (χ4n) is 7.07. The third-order valence-corrected chi connectivity index (χ3v) is 11.0. The van der Waals surface area contributed by atoms with Crippen molar-refractivity contribution in [3.8, 4) is 0 Å². The third kappa shape index (κ3) is 43.7. The van der Waals surface area contributed by atoms with Crippen molar-refractivity contribution in [2.75, 3.05) is 41.0 Å². The van der Waals surface area contributed by atoms with Crippen molar-refractivity contribution >= 4 is 17.9 Å². The molecule has 366 valence electrons. The van der Waals surface area contributed by atoms with Crippen LogP contribution in [0, 0.1) is 0 Å². The zero-order valence-corrected chi connectivity index (χ0v) is 41.7. The molecule has 0 N–H and O–H groups in total. The van der Waals surface area contributed by atoms with Gasteiger partial charge < -0.3 is 28.6 Å². The van der Waals surface area contributed by atoms with Gasteiger partial charge in [-0.05, 0) is 89.9 Å². The Balaban J connectivity index is 4.36. The number of esters is 2. The summed E-state index contributed by atoms with van der Waals surface area (Å²) in [7, 11) is 5.39. The lowest BCUT2D eigenvalue weighted by Crippen LogP contribution is -2.55. The van der Waals surface area contributed by atoms with Crippen LogP contribution in [0.25, 0.3) is 0 Å². The minimum absolute atomic E-state index is 0.0201. The lowest BCUT2D eigenvalue weighted by atomic mass is 10.1. The lowest BCUT2D eigenvalue weighted by Gasteiger charge is -2.34. The van der Waals surface area contributed by atoms with Crippen molar-refractivity contribution < 1.29 is 38.2 Å². The number of rotatable bonds is 45. The molecule has 0 aromatic carbocycles. The Bertz CT molecular complexity index is 1320. The molecule has 0 saturated carbocycles. The van der Waals surface area contributed by atoms with Gasteiger partial charge in [-0.15, -0.1) is 0 Å². The summed E-state index contributed by atoms with van der Waals surface area (Å²) in [5.41, 5.74) is 0. The molecule has 0 heterocycles. The molecule has 0 aliphatic carbocycles. The van der Waals surface area contributed by atoms with Crippen LogP contribution in [0.15, 0.2) is 85.1 Å². The van der Waals surface area contributed by atoms with E-state index >= 15 is 0 Å². The quantitative estimate of drug-likeness (QED) is 0.0260. The van der Waals surface area contributed by atoms with Crippen molar-refractivity contribution in [1.82, 2.24) is 0 Å². The van der Waals surface area contributed by atoms with E-state index in [-0.39, 0.29) is 49.1 Å². The first kappa shape index (κ1) is 60.5. The van der Waals surface area contributed by atoms with Crippen molar-refractivity contribution in [3.05, 3.63) is 85.1 Å². The van der Waals surface area contributed by atoms with Crippen LogP contribution in [0.5, 0.6) is 0 Å². The molecule has 0 aliphatic rings. The standard InChI is InChI=1S/C56H95NO7/c1-6-8-10-12-14-16-18-20-22-24-26-27-28-29-31-33-35-37-39-41-43-45-47-55(59)64-52(50-62-49-48-53(56(60)61)57(3,4)5)51-63-54(58)46-44-42-40-38-36-34-32-30-25-23-21-19-17-15-13-11-9-7-2/h8,10,14,16,20,22,26-27,29-32,35,37,52-53H,6-7,9,11-13,15,17-19,21,23-25,28,33-34,36,38-51H2,1-5H3/b10-8+,16-14+,22-20+,27-26+,31-29+,32-30+,37-35+. The number of carbonyl (C=O) groups is 3. The van der Waals surface area contributed by atoms with Gasteiger partial charge in [0, 0.05) is 19.3 Å². The molecule has 0 spiro atoms. The fraction of sp³-hybridized carbons (Fsp3) is 0.696. The lowest BCUT2D eigenvalue weighted by molar-refractivity contribution is -0.889. The molecule has 0 aromatic rings. The molecule has 64 heavy (non-hydrogen) atoms. The number of carboxylic acid groups (broad SMARTS) is 1. The van der Waals surface area contributed by atoms with E-state index in [4.69, 9.17) is 14.2 Å². The zero-order valence-electron chi connectivity index (χ0n) is 41.7. The molecule has 0 rings (SSSR count). The Morgan fingerprint density at radius 2 is 0.875 bits per heavy atom. The average Bonchev–Trinajstić information content (AvgIpc) is 3.26. The normalized spacial score (nSPS) is 13.6. The summed E-state index contributed by atoms with van der Waals surface area (Å²) < 4.78 is 17.2. The monoisotopic (exact) mass is 894 g/mol. The highest BCUT2D eigenvalue weighted by atomic mass is 16.6. The van der Waals surface area contributed by atoms with Gasteiger partial charge in [0.15, 0.2) is 6.10 Å². The number of unbranched alkanes of at least 4 members (excludes halogenated alkanes) is 17. The second kappa shape index (κ2) is 46.1. The molecule has 0 fully saturated rings. The van der Waals surface area contributed by atoms with Gasteiger partial charge in [0.25, 0.3) is 0 Å². The molecule has 2 atom stereocenters. The van der Waals surface area contributed by atoms with E-state index in [2.05, 4.69) is 98.9 Å². The Labute approximate surface area is 393 Å². The van der Waals surface area contributed by atoms with Crippen LogP contribution in [0.1, 0.15) is 200 Å². The highest BCUT2D eigenvalue weighted by Crippen LogP contribution is 2.14. The van der Waals surface area contributed by atoms with Gasteiger partial charge in [-0.3, -0.25) is 9.59 Å². The number of carbonyl (C=O) groups excluding carboxylic acids is 3. The number of hydrogen-bond acceptors (Lipinski definition) is 7. The van der Waals surface area contributed by atoms with Crippen molar-refractivity contribution in [3.63, 3.8) is 0 Å². The molecule has 8 nitrogen and oxygen atoms in total. The first-order chi connectivity index (χ1) is 31.1. The smallest absolute Gasteiger partial charge is 0.306 e. The number of ether oxygens (including phenoxy) is 3. The summed E-state index contributed by atoms with van der Waals surface area (Å²) in [6.45, 7) is 4.51. The molecule has 8 heteroatoms. The number of quaternary nitrogens is 1. The van der Waals surface area contributed by atoms with Gasteiger partial charge in [-0.25, -0.2) is 0 Å². The zero-order chi connectivity index (χ0) is 47.0. The van der Waals surface area contributed by atoms with Gasteiger partial charge in [-0.2, -0.15) is 0 Å². The van der Waals surface area contributed by atoms with Gasteiger partial charge in [0.2, 0.25) is 0 Å². The van der Waals surface area contributed by atoms with E-state index in [1.165, 1.54) is 70.6 Å². The first-order valence-corrected chi connectivity index (χ1v) is 25.6. The van der Waals surface area contributed by atoms with Gasteiger partial charge in [0.05, 0.1) is 40.3 Å². The van der Waals surface area contributed by atoms with E-state index in [1.54, 1.807) is 21.1 Å². The summed E-state index contributed by atoms with van der Waals surface area (Å²) in [5.74, 6) is -1.79. The molecule has 0 bridgehead atoms. The number of nitrogens with zero attached hydrogens (tertiary/aromatic N) is 1. The molecular formula is C56H95NO7. The third-order valence-electron chi connectivity index (χ3n) is 11.0. The van der Waals surface area contributed by atoms with Crippen LogP contribution >= 0.6 is 0 Å². The number of allylic oxidation sites excluding steroid dienone is 14. The molecule has 0 radical (unpaired) electrons. The molecule has 0 aliphatic heterocycles. The van der Waals surface area contributed by atoms with Crippen LogP contribution < -0.4 is 5.11 Å². The summed E-state index contributed by atoms with van der Waals surface area (Å²) >= 11 is 0. The number of hydrogen-bond donors (Lipinski definition) is 0. The van der Waals surface area contributed by atoms with Crippen LogP contribution in [0.3, 0.4) is 0 Å². The van der Waals surface area contributed by atoms with Crippen LogP contribution in [0.2, 0.25) is 0 Å². The van der Waals surface area contributed by atoms with Crippen molar-refractivity contribution in [2.45, 2.75) is 212 Å². The van der Waals surface area contributed by atoms with E-state index in [0.717, 1.165) is 89.9 Å². The number of aliphatic carboxylic acids is 1. The summed E-state index contributed by atoms with van der Waals surface area (Å²) in [6, 6.07) is -0.738.